The summed E-state index contributed by atoms with van der Waals surface area (Å²) in [6.45, 7) is 0.646. The predicted octanol–water partition coefficient (Wildman–Crippen LogP) is 0.425. The zero-order valence-electron chi connectivity index (χ0n) is 11.4. The number of carbonyl (C=O) groups excluding carboxylic acids is 2. The van der Waals surface area contributed by atoms with E-state index in [1.54, 1.807) is 30.3 Å². The van der Waals surface area contributed by atoms with Gasteiger partial charge in [-0.2, -0.15) is 0 Å². The third-order valence-electron chi connectivity index (χ3n) is 3.31. The molecular weight excluding hydrogens is 274 g/mol. The maximum Gasteiger partial charge on any atom is 0.331 e. The van der Waals surface area contributed by atoms with Crippen molar-refractivity contribution in [3.05, 3.63) is 35.9 Å². The number of nitrogens with two attached hydrogens (primary N) is 1. The quantitative estimate of drug-likeness (QED) is 0.739. The maximum atomic E-state index is 12.3. The average molecular weight is 291 g/mol. The molecule has 0 aliphatic carbocycles. The van der Waals surface area contributed by atoms with E-state index in [4.69, 9.17) is 5.73 Å². The Morgan fingerprint density at radius 3 is 2.52 bits per heavy atom. The summed E-state index contributed by atoms with van der Waals surface area (Å²) in [5.41, 5.74) is 5.79. The average Bonchev–Trinajstić information content (AvgIpc) is 2.74. The summed E-state index contributed by atoms with van der Waals surface area (Å²) in [6, 6.07) is 6.37. The fourth-order valence-corrected chi connectivity index (χ4v) is 2.31. The molecule has 7 heteroatoms. The first-order valence-electron chi connectivity index (χ1n) is 6.65. The first-order valence-corrected chi connectivity index (χ1v) is 6.65. The number of amides is 3. The number of nitrogens with zero attached hydrogens (tertiary/aromatic N) is 2. The zero-order valence-corrected chi connectivity index (χ0v) is 11.4. The molecule has 3 amide bonds. The van der Waals surface area contributed by atoms with E-state index < -0.39 is 23.9 Å². The molecule has 112 valence electrons. The Morgan fingerprint density at radius 1 is 1.29 bits per heavy atom. The molecule has 1 heterocycles. The van der Waals surface area contributed by atoms with Crippen LogP contribution in [0.4, 0.5) is 4.79 Å². The molecule has 1 aromatic carbocycles. The van der Waals surface area contributed by atoms with Crippen LogP contribution in [0.5, 0.6) is 0 Å². The van der Waals surface area contributed by atoms with Gasteiger partial charge in [0, 0.05) is 6.54 Å². The number of benzene rings is 1. The molecule has 2 rings (SSSR count). The fraction of sp³-hybridized carbons (Fsp3) is 0.357. The highest BCUT2D eigenvalue weighted by molar-refractivity contribution is 6.05. The van der Waals surface area contributed by atoms with Crippen molar-refractivity contribution < 1.29 is 19.5 Å². The van der Waals surface area contributed by atoms with Crippen molar-refractivity contribution in [1.82, 2.24) is 9.80 Å². The largest absolute Gasteiger partial charge is 0.479 e. The summed E-state index contributed by atoms with van der Waals surface area (Å²) >= 11 is 0. The summed E-state index contributed by atoms with van der Waals surface area (Å²) in [7, 11) is 0. The molecule has 0 saturated carbocycles. The number of hydrogen-bond acceptors (Lipinski definition) is 4. The van der Waals surface area contributed by atoms with Crippen molar-refractivity contribution >= 4 is 17.9 Å². The molecule has 3 N–H and O–H groups in total. The lowest BCUT2D eigenvalue weighted by Gasteiger charge is -2.23. The topological polar surface area (TPSA) is 104 Å². The van der Waals surface area contributed by atoms with Crippen LogP contribution in [0.15, 0.2) is 30.3 Å². The summed E-state index contributed by atoms with van der Waals surface area (Å²) in [4.78, 5) is 38.0. The lowest BCUT2D eigenvalue weighted by Crippen LogP contribution is -2.40. The van der Waals surface area contributed by atoms with Gasteiger partial charge in [-0.15, -0.1) is 0 Å². The van der Waals surface area contributed by atoms with E-state index in [9.17, 15) is 19.5 Å². The predicted molar refractivity (Wildman–Crippen MR) is 74.3 cm³/mol. The second-order valence-corrected chi connectivity index (χ2v) is 4.76. The second-order valence-electron chi connectivity index (χ2n) is 4.76. The Kier molecular flexibility index (Phi) is 4.54. The van der Waals surface area contributed by atoms with E-state index in [0.717, 1.165) is 4.90 Å². The zero-order chi connectivity index (χ0) is 15.4. The van der Waals surface area contributed by atoms with E-state index in [-0.39, 0.29) is 6.54 Å². The highest BCUT2D eigenvalue weighted by atomic mass is 16.4. The third-order valence-corrected chi connectivity index (χ3v) is 3.31. The number of urea groups is 1. The molecule has 0 aromatic heterocycles. The molecule has 0 radical (unpaired) electrons. The molecule has 1 aliphatic rings. The van der Waals surface area contributed by atoms with Crippen molar-refractivity contribution in [2.24, 2.45) is 5.73 Å². The van der Waals surface area contributed by atoms with Crippen LogP contribution in [0.3, 0.4) is 0 Å². The van der Waals surface area contributed by atoms with Gasteiger partial charge in [-0.1, -0.05) is 30.3 Å². The van der Waals surface area contributed by atoms with E-state index in [0.29, 0.717) is 25.1 Å². The van der Waals surface area contributed by atoms with Crippen LogP contribution in [-0.4, -0.2) is 52.4 Å². The van der Waals surface area contributed by atoms with Crippen LogP contribution >= 0.6 is 0 Å². The van der Waals surface area contributed by atoms with E-state index in [2.05, 4.69) is 0 Å². The Balaban J connectivity index is 2.27. The number of carboxylic acids is 1. The minimum absolute atomic E-state index is 0.102. The normalized spacial score (nSPS) is 16.4. The Morgan fingerprint density at radius 2 is 1.95 bits per heavy atom. The molecule has 7 nitrogen and oxygen atoms in total. The van der Waals surface area contributed by atoms with E-state index >= 15 is 0 Å². The van der Waals surface area contributed by atoms with Gasteiger partial charge >= 0.3 is 12.0 Å². The lowest BCUT2D eigenvalue weighted by molar-refractivity contribution is -0.146. The Labute approximate surface area is 121 Å². The van der Waals surface area contributed by atoms with Crippen molar-refractivity contribution in [3.63, 3.8) is 0 Å². The van der Waals surface area contributed by atoms with Crippen LogP contribution in [0.2, 0.25) is 0 Å². The van der Waals surface area contributed by atoms with Gasteiger partial charge in [0.15, 0.2) is 6.04 Å². The van der Waals surface area contributed by atoms with Gasteiger partial charge in [-0.05, 0) is 18.5 Å². The monoisotopic (exact) mass is 291 g/mol. The number of rotatable bonds is 6. The highest BCUT2D eigenvalue weighted by Gasteiger charge is 2.43. The van der Waals surface area contributed by atoms with Gasteiger partial charge in [0.1, 0.15) is 6.54 Å². The summed E-state index contributed by atoms with van der Waals surface area (Å²) in [5, 5.41) is 9.40. The summed E-state index contributed by atoms with van der Waals surface area (Å²) < 4.78 is 0. The van der Waals surface area contributed by atoms with Gasteiger partial charge < -0.3 is 15.7 Å². The second kappa shape index (κ2) is 6.36. The van der Waals surface area contributed by atoms with Gasteiger partial charge in [0.25, 0.3) is 5.91 Å². The number of hydrogen-bond donors (Lipinski definition) is 2. The van der Waals surface area contributed by atoms with Crippen LogP contribution in [0, 0.1) is 0 Å². The van der Waals surface area contributed by atoms with Crippen LogP contribution in [0.25, 0.3) is 0 Å². The maximum absolute atomic E-state index is 12.3. The van der Waals surface area contributed by atoms with Crippen molar-refractivity contribution in [3.8, 4) is 0 Å². The molecule has 1 saturated heterocycles. The van der Waals surface area contributed by atoms with Crippen molar-refractivity contribution in [2.45, 2.75) is 12.5 Å². The molecular formula is C14H17N3O4. The molecule has 0 spiro atoms. The molecule has 1 aliphatic heterocycles. The highest BCUT2D eigenvalue weighted by Crippen LogP contribution is 2.26. The smallest absolute Gasteiger partial charge is 0.331 e. The lowest BCUT2D eigenvalue weighted by atomic mass is 10.1. The Bertz CT molecular complexity index is 546. The van der Waals surface area contributed by atoms with Crippen LogP contribution in [0.1, 0.15) is 18.0 Å². The number of carbonyl (C=O) groups is 3. The third kappa shape index (κ3) is 3.03. The number of aliphatic carboxylic acids is 1. The van der Waals surface area contributed by atoms with Crippen molar-refractivity contribution in [2.75, 3.05) is 19.6 Å². The molecule has 1 atom stereocenters. The SMILES string of the molecule is NCCCN1CC(=O)N(C(C(=O)O)c2ccccc2)C1=O. The van der Waals surface area contributed by atoms with Crippen LogP contribution in [-0.2, 0) is 9.59 Å². The molecule has 1 unspecified atom stereocenters. The first kappa shape index (κ1) is 15.0. The minimum Gasteiger partial charge on any atom is -0.479 e. The molecule has 1 aromatic rings. The molecule has 21 heavy (non-hydrogen) atoms. The minimum atomic E-state index is -1.30. The van der Waals surface area contributed by atoms with Crippen LogP contribution < -0.4 is 5.73 Å². The van der Waals surface area contributed by atoms with Gasteiger partial charge in [0.2, 0.25) is 0 Å². The first-order chi connectivity index (χ1) is 10.1. The van der Waals surface area contributed by atoms with Gasteiger partial charge in [-0.3, -0.25) is 4.79 Å². The molecule has 1 fully saturated rings. The van der Waals surface area contributed by atoms with Gasteiger partial charge in [0.05, 0.1) is 0 Å². The van der Waals surface area contributed by atoms with Gasteiger partial charge in [-0.25, -0.2) is 14.5 Å². The summed E-state index contributed by atoms with van der Waals surface area (Å²) in [6.07, 6.45) is 0.565. The molecule has 0 bridgehead atoms. The van der Waals surface area contributed by atoms with E-state index in [1.807, 2.05) is 0 Å². The van der Waals surface area contributed by atoms with Crippen molar-refractivity contribution in [1.29, 1.82) is 0 Å². The summed E-state index contributed by atoms with van der Waals surface area (Å²) in [5.74, 6) is -1.74. The number of carboxylic acid groups (broad SMARTS) is 1. The standard InChI is InChI=1S/C14H17N3O4/c15-7-4-8-16-9-11(18)17(14(16)21)12(13(19)20)10-5-2-1-3-6-10/h1-3,5-6,12H,4,7-9,15H2,(H,19,20). The van der Waals surface area contributed by atoms with E-state index in [1.165, 1.54) is 4.90 Å². The Hall–Kier alpha value is -2.41. The fourth-order valence-electron chi connectivity index (χ4n) is 2.31. The number of imide groups is 1.